The van der Waals surface area contributed by atoms with Gasteiger partial charge in [-0.05, 0) is 79.7 Å². The van der Waals surface area contributed by atoms with E-state index in [9.17, 15) is 14.7 Å². The van der Waals surface area contributed by atoms with Crippen molar-refractivity contribution in [2.24, 2.45) is 18.9 Å². The predicted octanol–water partition coefficient (Wildman–Crippen LogP) is 5.56. The molecule has 3 unspecified atom stereocenters. The van der Waals surface area contributed by atoms with Crippen LogP contribution in [0.5, 0.6) is 0 Å². The summed E-state index contributed by atoms with van der Waals surface area (Å²) in [5.41, 5.74) is 2.17. The lowest BCUT2D eigenvalue weighted by molar-refractivity contribution is -0.185. The van der Waals surface area contributed by atoms with Crippen LogP contribution in [0.3, 0.4) is 0 Å². The lowest BCUT2D eigenvalue weighted by Gasteiger charge is -2.44. The van der Waals surface area contributed by atoms with Crippen LogP contribution in [0.15, 0.2) is 77.7 Å². The number of rotatable bonds is 7. The highest BCUT2D eigenvalue weighted by Crippen LogP contribution is 2.52. The molecule has 2 fully saturated rings. The summed E-state index contributed by atoms with van der Waals surface area (Å²) in [5.74, 6) is 0.231. The second-order valence-electron chi connectivity index (χ2n) is 11.3. The molecule has 1 saturated heterocycles. The van der Waals surface area contributed by atoms with Crippen LogP contribution in [0.25, 0.3) is 11.1 Å². The number of aryl methyl sites for hydroxylation is 1. The van der Waals surface area contributed by atoms with Gasteiger partial charge in [-0.3, -0.25) is 9.59 Å². The number of cyclic esters (lactones) is 1. The summed E-state index contributed by atoms with van der Waals surface area (Å²) in [6, 6.07) is 21.8. The Hall–Kier alpha value is -3.18. The molecule has 5 heteroatoms. The molecule has 1 saturated carbocycles. The van der Waals surface area contributed by atoms with Crippen molar-refractivity contribution >= 4 is 5.97 Å². The summed E-state index contributed by atoms with van der Waals surface area (Å²) in [4.78, 5) is 25.7. The Labute approximate surface area is 212 Å². The summed E-state index contributed by atoms with van der Waals surface area (Å²) in [6.45, 7) is 3.55. The van der Waals surface area contributed by atoms with Gasteiger partial charge in [-0.15, -0.1) is 0 Å². The Balaban J connectivity index is 1.41. The SMILES string of the molecule is Cn1ccc(-c2ccc(C(C3CC3)C3CCC(CC(C)(C)O)(c4ccccc4)OC3=O)cc2)cc1=O. The summed E-state index contributed by atoms with van der Waals surface area (Å²) in [7, 11) is 1.74. The lowest BCUT2D eigenvalue weighted by Crippen LogP contribution is -2.46. The molecule has 2 heterocycles. The van der Waals surface area contributed by atoms with E-state index in [4.69, 9.17) is 4.74 Å². The van der Waals surface area contributed by atoms with E-state index < -0.39 is 11.2 Å². The van der Waals surface area contributed by atoms with Crippen molar-refractivity contribution in [3.05, 3.63) is 94.4 Å². The molecule has 2 aliphatic rings. The van der Waals surface area contributed by atoms with Crippen LogP contribution >= 0.6 is 0 Å². The highest BCUT2D eigenvalue weighted by atomic mass is 16.6. The van der Waals surface area contributed by atoms with Crippen molar-refractivity contribution in [2.75, 3.05) is 0 Å². The maximum atomic E-state index is 13.6. The summed E-state index contributed by atoms with van der Waals surface area (Å²) in [5, 5.41) is 10.7. The molecule has 5 rings (SSSR count). The van der Waals surface area contributed by atoms with E-state index in [1.54, 1.807) is 37.7 Å². The third-order valence-corrected chi connectivity index (χ3v) is 7.77. The first-order chi connectivity index (χ1) is 17.2. The van der Waals surface area contributed by atoms with Crippen LogP contribution in [0, 0.1) is 11.8 Å². The van der Waals surface area contributed by atoms with Crippen LogP contribution in [0.1, 0.15) is 63.0 Å². The number of benzene rings is 2. The fourth-order valence-corrected chi connectivity index (χ4v) is 5.94. The minimum Gasteiger partial charge on any atom is -0.454 e. The predicted molar refractivity (Wildman–Crippen MR) is 140 cm³/mol. The number of ether oxygens (including phenoxy) is 1. The molecule has 1 aliphatic carbocycles. The van der Waals surface area contributed by atoms with E-state index in [0.29, 0.717) is 18.8 Å². The third kappa shape index (κ3) is 5.03. The van der Waals surface area contributed by atoms with Crippen LogP contribution in [0.4, 0.5) is 0 Å². The Morgan fingerprint density at radius 2 is 1.69 bits per heavy atom. The molecule has 5 nitrogen and oxygen atoms in total. The van der Waals surface area contributed by atoms with Gasteiger partial charge in [0.1, 0.15) is 5.60 Å². The van der Waals surface area contributed by atoms with Gasteiger partial charge in [0.05, 0.1) is 11.5 Å². The largest absolute Gasteiger partial charge is 0.454 e. The van der Waals surface area contributed by atoms with E-state index in [1.165, 1.54) is 0 Å². The fourth-order valence-electron chi connectivity index (χ4n) is 5.94. The van der Waals surface area contributed by atoms with Gasteiger partial charge in [-0.1, -0.05) is 54.6 Å². The minimum absolute atomic E-state index is 0.0367. The summed E-state index contributed by atoms with van der Waals surface area (Å²) >= 11 is 0. The zero-order valence-electron chi connectivity index (χ0n) is 21.3. The topological polar surface area (TPSA) is 68.5 Å². The Bertz CT molecular complexity index is 1280. The smallest absolute Gasteiger partial charge is 0.310 e. The van der Waals surface area contributed by atoms with Gasteiger partial charge < -0.3 is 14.4 Å². The van der Waals surface area contributed by atoms with Gasteiger partial charge >= 0.3 is 5.97 Å². The molecule has 3 aromatic rings. The van der Waals surface area contributed by atoms with Crippen molar-refractivity contribution in [3.8, 4) is 11.1 Å². The van der Waals surface area contributed by atoms with Crippen LogP contribution < -0.4 is 5.56 Å². The maximum absolute atomic E-state index is 13.6. The van der Waals surface area contributed by atoms with Crippen LogP contribution in [0.2, 0.25) is 0 Å². The first kappa shape index (κ1) is 24.5. The van der Waals surface area contributed by atoms with Gasteiger partial charge in [0.2, 0.25) is 0 Å². The van der Waals surface area contributed by atoms with Crippen molar-refractivity contribution in [3.63, 3.8) is 0 Å². The molecular formula is C31H35NO4. The number of nitrogens with zero attached hydrogens (tertiary/aromatic N) is 1. The van der Waals surface area contributed by atoms with Crippen molar-refractivity contribution in [1.82, 2.24) is 4.57 Å². The van der Waals surface area contributed by atoms with E-state index in [2.05, 4.69) is 24.3 Å². The average Bonchev–Trinajstić information content (AvgIpc) is 3.68. The molecule has 0 spiro atoms. The monoisotopic (exact) mass is 485 g/mol. The molecular weight excluding hydrogens is 450 g/mol. The van der Waals surface area contributed by atoms with Gasteiger partial charge in [-0.2, -0.15) is 0 Å². The average molecular weight is 486 g/mol. The van der Waals surface area contributed by atoms with E-state index in [0.717, 1.165) is 41.5 Å². The minimum atomic E-state index is -0.965. The van der Waals surface area contributed by atoms with E-state index >= 15 is 0 Å². The van der Waals surface area contributed by atoms with Gasteiger partial charge in [0.15, 0.2) is 0 Å². The zero-order valence-corrected chi connectivity index (χ0v) is 21.3. The quantitative estimate of drug-likeness (QED) is 0.445. The van der Waals surface area contributed by atoms with Crippen LogP contribution in [-0.4, -0.2) is 21.2 Å². The number of aromatic nitrogens is 1. The zero-order chi connectivity index (χ0) is 25.5. The Morgan fingerprint density at radius 3 is 2.28 bits per heavy atom. The molecule has 3 atom stereocenters. The standard InChI is InChI=1S/C31H35NO4/c1-30(2,35)20-31(25-7-5-4-6-8-25)17-15-26(29(34)36-31)28(23-13-14-23)22-11-9-21(10-12-22)24-16-18-32(3)27(33)19-24/h4-12,16,18-19,23,26,28,35H,13-15,17,20H2,1-3H3. The van der Waals surface area contributed by atoms with E-state index in [-0.39, 0.29) is 23.4 Å². The van der Waals surface area contributed by atoms with Crippen molar-refractivity contribution < 1.29 is 14.6 Å². The maximum Gasteiger partial charge on any atom is 0.310 e. The molecule has 0 bridgehead atoms. The molecule has 2 aromatic carbocycles. The number of carbonyl (C=O) groups excluding carboxylic acids is 1. The molecule has 0 amide bonds. The number of pyridine rings is 1. The molecule has 1 N–H and O–H groups in total. The molecule has 188 valence electrons. The normalized spacial score (nSPS) is 23.2. The van der Waals surface area contributed by atoms with Gasteiger partial charge in [0.25, 0.3) is 5.56 Å². The highest BCUT2D eigenvalue weighted by molar-refractivity contribution is 5.76. The van der Waals surface area contributed by atoms with Crippen molar-refractivity contribution in [1.29, 1.82) is 0 Å². The van der Waals surface area contributed by atoms with Gasteiger partial charge in [-0.25, -0.2) is 0 Å². The first-order valence-electron chi connectivity index (χ1n) is 12.9. The molecule has 36 heavy (non-hydrogen) atoms. The number of carbonyl (C=O) groups is 1. The van der Waals surface area contributed by atoms with Crippen molar-refractivity contribution in [2.45, 2.75) is 63.1 Å². The summed E-state index contributed by atoms with van der Waals surface area (Å²) < 4.78 is 7.87. The van der Waals surface area contributed by atoms with E-state index in [1.807, 2.05) is 36.4 Å². The Kier molecular flexibility index (Phi) is 6.37. The number of esters is 1. The number of hydrogen-bond donors (Lipinski definition) is 1. The molecule has 0 radical (unpaired) electrons. The molecule has 1 aromatic heterocycles. The highest BCUT2D eigenvalue weighted by Gasteiger charge is 2.50. The first-order valence-corrected chi connectivity index (χ1v) is 12.9. The number of aliphatic hydroxyl groups is 1. The third-order valence-electron chi connectivity index (χ3n) is 7.77. The van der Waals surface area contributed by atoms with Crippen LogP contribution in [-0.2, 0) is 22.2 Å². The molecule has 1 aliphatic heterocycles. The lowest BCUT2D eigenvalue weighted by atomic mass is 9.72. The van der Waals surface area contributed by atoms with Gasteiger partial charge in [0, 0.05) is 25.7 Å². The number of hydrogen-bond acceptors (Lipinski definition) is 4. The Morgan fingerprint density at radius 1 is 1.00 bits per heavy atom. The second-order valence-corrected chi connectivity index (χ2v) is 11.3. The summed E-state index contributed by atoms with van der Waals surface area (Å²) in [6.07, 6.45) is 5.80. The fraction of sp³-hybridized carbons (Fsp3) is 0.419. The second kappa shape index (κ2) is 9.36.